The molecule has 2 N–H and O–H groups in total. The summed E-state index contributed by atoms with van der Waals surface area (Å²) in [5, 5.41) is 8.50. The highest BCUT2D eigenvalue weighted by Gasteiger charge is 2.16. The van der Waals surface area contributed by atoms with Gasteiger partial charge in [-0.1, -0.05) is 0 Å². The highest BCUT2D eigenvalue weighted by molar-refractivity contribution is 5.69. The predicted molar refractivity (Wildman–Crippen MR) is 42.0 cm³/mol. The molecule has 0 bridgehead atoms. The van der Waals surface area contributed by atoms with E-state index < -0.39 is 5.97 Å². The first-order valence-electron chi connectivity index (χ1n) is 4.04. The van der Waals surface area contributed by atoms with Crippen LogP contribution in [0.15, 0.2) is 0 Å². The minimum atomic E-state index is -0.831. The molecule has 0 radical (unpaired) electrons. The molecule has 0 atom stereocenters. The van der Waals surface area contributed by atoms with Gasteiger partial charge in [0.15, 0.2) is 0 Å². The van der Waals surface area contributed by atoms with E-state index in [-0.39, 0.29) is 6.42 Å². The fourth-order valence-corrected chi connectivity index (χ4v) is 1.58. The molecule has 4 heteroatoms. The van der Waals surface area contributed by atoms with E-state index in [9.17, 15) is 4.79 Å². The Bertz CT molecular complexity index is 295. The van der Waals surface area contributed by atoms with Gasteiger partial charge in [0.2, 0.25) is 0 Å². The first-order valence-corrected chi connectivity index (χ1v) is 4.04. The van der Waals surface area contributed by atoms with Gasteiger partial charge in [-0.05, 0) is 19.3 Å². The molecule has 12 heavy (non-hydrogen) atoms. The molecule has 1 aromatic heterocycles. The Morgan fingerprint density at radius 3 is 3.08 bits per heavy atom. The van der Waals surface area contributed by atoms with E-state index in [2.05, 4.69) is 9.97 Å². The Hall–Kier alpha value is -1.32. The number of fused-ring (bicyclic) bond motifs is 1. The molecule has 1 aliphatic carbocycles. The number of aliphatic carboxylic acids is 1. The Morgan fingerprint density at radius 2 is 2.42 bits per heavy atom. The van der Waals surface area contributed by atoms with Gasteiger partial charge in [0.25, 0.3) is 0 Å². The molecule has 0 aromatic carbocycles. The number of carboxylic acid groups (broad SMARTS) is 1. The second kappa shape index (κ2) is 2.62. The van der Waals surface area contributed by atoms with Crippen LogP contribution in [0.25, 0.3) is 0 Å². The van der Waals surface area contributed by atoms with E-state index in [0.29, 0.717) is 5.82 Å². The molecule has 1 aromatic rings. The summed E-state index contributed by atoms with van der Waals surface area (Å²) in [6.07, 6.45) is 3.15. The van der Waals surface area contributed by atoms with Crippen LogP contribution < -0.4 is 0 Å². The zero-order chi connectivity index (χ0) is 8.55. The second-order valence-corrected chi connectivity index (χ2v) is 3.03. The van der Waals surface area contributed by atoms with Crippen LogP contribution in [-0.2, 0) is 24.1 Å². The van der Waals surface area contributed by atoms with Gasteiger partial charge in [-0.25, -0.2) is 4.98 Å². The fourth-order valence-electron chi connectivity index (χ4n) is 1.58. The van der Waals surface area contributed by atoms with Crippen molar-refractivity contribution in [2.75, 3.05) is 0 Å². The average molecular weight is 166 g/mol. The maximum Gasteiger partial charge on any atom is 0.311 e. The molecule has 1 heterocycles. The van der Waals surface area contributed by atoms with Gasteiger partial charge in [0.05, 0.1) is 5.69 Å². The number of nitrogens with one attached hydrogen (secondary N) is 1. The molecule has 2 rings (SSSR count). The highest BCUT2D eigenvalue weighted by Crippen LogP contribution is 2.18. The third-order valence-electron chi connectivity index (χ3n) is 2.07. The lowest BCUT2D eigenvalue weighted by Crippen LogP contribution is -2.02. The summed E-state index contributed by atoms with van der Waals surface area (Å²) in [4.78, 5) is 17.6. The summed E-state index contributed by atoms with van der Waals surface area (Å²) >= 11 is 0. The van der Waals surface area contributed by atoms with Crippen molar-refractivity contribution in [3.05, 3.63) is 17.2 Å². The second-order valence-electron chi connectivity index (χ2n) is 3.03. The maximum atomic E-state index is 10.3. The van der Waals surface area contributed by atoms with Gasteiger partial charge in [0, 0.05) is 5.69 Å². The number of hydrogen-bond acceptors (Lipinski definition) is 2. The van der Waals surface area contributed by atoms with Gasteiger partial charge >= 0.3 is 5.97 Å². The molecule has 0 spiro atoms. The van der Waals surface area contributed by atoms with Crippen LogP contribution in [0.5, 0.6) is 0 Å². The molecule has 0 aliphatic heterocycles. The number of aryl methyl sites for hydroxylation is 2. The maximum absolute atomic E-state index is 10.3. The number of carbonyl (C=O) groups is 1. The van der Waals surface area contributed by atoms with Crippen LogP contribution in [0.3, 0.4) is 0 Å². The first kappa shape index (κ1) is 7.34. The van der Waals surface area contributed by atoms with Crippen LogP contribution in [0.4, 0.5) is 0 Å². The summed E-state index contributed by atoms with van der Waals surface area (Å²) in [6.45, 7) is 0. The number of H-pyrrole nitrogens is 1. The summed E-state index contributed by atoms with van der Waals surface area (Å²) in [6, 6.07) is 0. The van der Waals surface area contributed by atoms with E-state index in [1.165, 1.54) is 0 Å². The number of carboxylic acids is 1. The summed E-state index contributed by atoms with van der Waals surface area (Å²) < 4.78 is 0. The number of aromatic nitrogens is 2. The topological polar surface area (TPSA) is 66.0 Å². The molecule has 64 valence electrons. The van der Waals surface area contributed by atoms with E-state index in [1.54, 1.807) is 0 Å². The third-order valence-corrected chi connectivity index (χ3v) is 2.07. The molecular formula is C8H10N2O2. The van der Waals surface area contributed by atoms with Gasteiger partial charge in [-0.3, -0.25) is 4.79 Å². The van der Waals surface area contributed by atoms with E-state index in [0.717, 1.165) is 30.7 Å². The standard InChI is InChI=1S/C8H10N2O2/c11-8(12)4-7-9-5-2-1-3-6(5)10-7/h1-4H2,(H,9,10)(H,11,12). The van der Waals surface area contributed by atoms with Crippen molar-refractivity contribution in [3.8, 4) is 0 Å². The molecule has 4 nitrogen and oxygen atoms in total. The Kier molecular flexibility index (Phi) is 1.60. The van der Waals surface area contributed by atoms with Crippen LogP contribution in [-0.4, -0.2) is 21.0 Å². The summed E-state index contributed by atoms with van der Waals surface area (Å²) in [7, 11) is 0. The Balaban J connectivity index is 2.20. The van der Waals surface area contributed by atoms with E-state index in [1.807, 2.05) is 0 Å². The van der Waals surface area contributed by atoms with Gasteiger partial charge in [-0.2, -0.15) is 0 Å². The molecule has 0 fully saturated rings. The van der Waals surface area contributed by atoms with Crippen molar-refractivity contribution in [1.82, 2.24) is 9.97 Å². The zero-order valence-corrected chi connectivity index (χ0v) is 6.63. The van der Waals surface area contributed by atoms with E-state index >= 15 is 0 Å². The van der Waals surface area contributed by atoms with Crippen molar-refractivity contribution < 1.29 is 9.90 Å². The highest BCUT2D eigenvalue weighted by atomic mass is 16.4. The van der Waals surface area contributed by atoms with Crippen molar-refractivity contribution in [2.24, 2.45) is 0 Å². The first-order chi connectivity index (χ1) is 5.75. The van der Waals surface area contributed by atoms with Crippen molar-refractivity contribution in [2.45, 2.75) is 25.7 Å². The quantitative estimate of drug-likeness (QED) is 0.673. The SMILES string of the molecule is O=C(O)Cc1nc2c([nH]1)CCC2. The third kappa shape index (κ3) is 1.20. The predicted octanol–water partition coefficient (Wildman–Crippen LogP) is 0.525. The lowest BCUT2D eigenvalue weighted by Gasteiger charge is -1.89. The van der Waals surface area contributed by atoms with Crippen molar-refractivity contribution in [3.63, 3.8) is 0 Å². The molecular weight excluding hydrogens is 156 g/mol. The number of nitrogens with zero attached hydrogens (tertiary/aromatic N) is 1. The molecule has 0 saturated carbocycles. The lowest BCUT2D eigenvalue weighted by molar-refractivity contribution is -0.136. The summed E-state index contributed by atoms with van der Waals surface area (Å²) in [5.74, 6) is -0.241. The Labute approximate surface area is 69.6 Å². The number of rotatable bonds is 2. The largest absolute Gasteiger partial charge is 0.481 e. The summed E-state index contributed by atoms with van der Waals surface area (Å²) in [5.41, 5.74) is 2.19. The number of aromatic amines is 1. The molecule has 1 aliphatic rings. The normalized spacial score (nSPS) is 14.7. The molecule has 0 unspecified atom stereocenters. The number of imidazole rings is 1. The van der Waals surface area contributed by atoms with Crippen molar-refractivity contribution >= 4 is 5.97 Å². The smallest absolute Gasteiger partial charge is 0.311 e. The fraction of sp³-hybridized carbons (Fsp3) is 0.500. The Morgan fingerprint density at radius 1 is 1.58 bits per heavy atom. The van der Waals surface area contributed by atoms with Gasteiger partial charge in [-0.15, -0.1) is 0 Å². The lowest BCUT2D eigenvalue weighted by atomic mass is 10.3. The van der Waals surface area contributed by atoms with Crippen LogP contribution >= 0.6 is 0 Å². The van der Waals surface area contributed by atoms with Crippen molar-refractivity contribution in [1.29, 1.82) is 0 Å². The van der Waals surface area contributed by atoms with Crippen LogP contribution in [0.2, 0.25) is 0 Å². The minimum absolute atomic E-state index is 0.00694. The molecule has 0 amide bonds. The monoisotopic (exact) mass is 166 g/mol. The van der Waals surface area contributed by atoms with Gasteiger partial charge in [0.1, 0.15) is 12.2 Å². The van der Waals surface area contributed by atoms with E-state index in [4.69, 9.17) is 5.11 Å². The van der Waals surface area contributed by atoms with Crippen LogP contribution in [0, 0.1) is 0 Å². The van der Waals surface area contributed by atoms with Crippen LogP contribution in [0.1, 0.15) is 23.6 Å². The average Bonchev–Trinajstić information content (AvgIpc) is 2.43. The number of hydrogen-bond donors (Lipinski definition) is 2. The minimum Gasteiger partial charge on any atom is -0.481 e. The van der Waals surface area contributed by atoms with Gasteiger partial charge < -0.3 is 10.1 Å². The zero-order valence-electron chi connectivity index (χ0n) is 6.63. The molecule has 0 saturated heterocycles.